The number of hydrogen-bond donors (Lipinski definition) is 0. The van der Waals surface area contributed by atoms with E-state index < -0.39 is 10.0 Å². The van der Waals surface area contributed by atoms with E-state index in [0.29, 0.717) is 37.9 Å². The Morgan fingerprint density at radius 2 is 1.69 bits per heavy atom. The fraction of sp³-hybridized carbons (Fsp3) is 0.0909. The summed E-state index contributed by atoms with van der Waals surface area (Å²) < 4.78 is 27.0. The number of para-hydroxylation sites is 1. The maximum absolute atomic E-state index is 13.1. The van der Waals surface area contributed by atoms with Crippen LogP contribution in [0.3, 0.4) is 0 Å². The predicted octanol–water partition coefficient (Wildman–Crippen LogP) is 4.37. The number of halogens is 1. The number of aromatic nitrogens is 1. The summed E-state index contributed by atoms with van der Waals surface area (Å²) in [6.07, 6.45) is 1.49. The van der Waals surface area contributed by atoms with Crippen molar-refractivity contribution in [1.29, 1.82) is 0 Å². The van der Waals surface area contributed by atoms with Crippen molar-refractivity contribution < 1.29 is 8.42 Å². The Kier molecular flexibility index (Phi) is 4.98. The van der Waals surface area contributed by atoms with Crippen molar-refractivity contribution in [1.82, 2.24) is 4.98 Å². The molecule has 3 aromatic carbocycles. The lowest BCUT2D eigenvalue weighted by Gasteiger charge is -2.19. The van der Waals surface area contributed by atoms with Crippen molar-refractivity contribution >= 4 is 49.0 Å². The third-order valence-corrected chi connectivity index (χ3v) is 6.75. The summed E-state index contributed by atoms with van der Waals surface area (Å²) in [6.45, 7) is 0. The minimum Gasteiger partial charge on any atom is -0.289 e. The molecule has 4 rings (SSSR count). The monoisotopic (exact) mass is 424 g/mol. The van der Waals surface area contributed by atoms with Crippen LogP contribution in [0.25, 0.3) is 21.7 Å². The normalized spacial score (nSPS) is 11.7. The van der Waals surface area contributed by atoms with Gasteiger partial charge in [0.1, 0.15) is 0 Å². The third-order valence-electron chi connectivity index (χ3n) is 4.80. The first kappa shape index (κ1) is 19.4. The molecule has 146 valence electrons. The number of nitrogens with zero attached hydrogens (tertiary/aromatic N) is 2. The van der Waals surface area contributed by atoms with Gasteiger partial charge in [-0.3, -0.25) is 14.1 Å². The zero-order valence-corrected chi connectivity index (χ0v) is 17.1. The SMILES string of the molecule is CN(c1ccccc1)S(=O)(=O)Cc1ccc2ccc3ncc(Cl)cc3c(=O)c2c1. The molecule has 0 radical (unpaired) electrons. The van der Waals surface area contributed by atoms with Gasteiger partial charge in [-0.05, 0) is 41.3 Å². The fourth-order valence-electron chi connectivity index (χ4n) is 3.22. The van der Waals surface area contributed by atoms with Gasteiger partial charge in [0.25, 0.3) is 0 Å². The largest absolute Gasteiger partial charge is 0.289 e. The summed E-state index contributed by atoms with van der Waals surface area (Å²) in [6, 6.07) is 19.1. The van der Waals surface area contributed by atoms with Gasteiger partial charge in [0.05, 0.1) is 22.0 Å². The molecule has 1 heterocycles. The molecule has 0 aliphatic heterocycles. The molecule has 0 saturated heterocycles. The van der Waals surface area contributed by atoms with Crippen LogP contribution in [0, 0.1) is 0 Å². The molecule has 5 nitrogen and oxygen atoms in total. The van der Waals surface area contributed by atoms with Crippen LogP contribution >= 0.6 is 11.6 Å². The zero-order valence-electron chi connectivity index (χ0n) is 15.5. The van der Waals surface area contributed by atoms with E-state index in [4.69, 9.17) is 11.6 Å². The number of fused-ring (bicyclic) bond motifs is 2. The summed E-state index contributed by atoms with van der Waals surface area (Å²) in [5.41, 5.74) is 1.42. The first-order chi connectivity index (χ1) is 13.8. The van der Waals surface area contributed by atoms with Gasteiger partial charge in [0.2, 0.25) is 10.0 Å². The van der Waals surface area contributed by atoms with Crippen molar-refractivity contribution in [3.8, 4) is 0 Å². The van der Waals surface area contributed by atoms with E-state index in [2.05, 4.69) is 4.98 Å². The van der Waals surface area contributed by atoms with E-state index in [-0.39, 0.29) is 11.2 Å². The van der Waals surface area contributed by atoms with E-state index >= 15 is 0 Å². The molecule has 0 unspecified atom stereocenters. The molecule has 0 aliphatic carbocycles. The van der Waals surface area contributed by atoms with Gasteiger partial charge in [-0.15, -0.1) is 0 Å². The smallest absolute Gasteiger partial charge is 0.239 e. The Balaban J connectivity index is 1.80. The molecular formula is C22H17ClN2O3S. The highest BCUT2D eigenvalue weighted by Crippen LogP contribution is 2.22. The summed E-state index contributed by atoms with van der Waals surface area (Å²) in [7, 11) is -2.10. The van der Waals surface area contributed by atoms with E-state index in [9.17, 15) is 13.2 Å². The molecule has 0 saturated carbocycles. The summed E-state index contributed by atoms with van der Waals surface area (Å²) in [5, 5.41) is 1.91. The maximum atomic E-state index is 13.1. The number of rotatable bonds is 4. The van der Waals surface area contributed by atoms with Gasteiger partial charge in [-0.25, -0.2) is 8.42 Å². The second-order valence-electron chi connectivity index (χ2n) is 6.73. The van der Waals surface area contributed by atoms with Gasteiger partial charge in [-0.1, -0.05) is 48.0 Å². The highest BCUT2D eigenvalue weighted by atomic mass is 35.5. The molecule has 0 N–H and O–H groups in total. The van der Waals surface area contributed by atoms with Crippen molar-refractivity contribution in [2.75, 3.05) is 11.4 Å². The van der Waals surface area contributed by atoms with Gasteiger partial charge in [0, 0.05) is 24.0 Å². The summed E-state index contributed by atoms with van der Waals surface area (Å²) in [4.78, 5) is 17.3. The lowest BCUT2D eigenvalue weighted by Crippen LogP contribution is -2.27. The van der Waals surface area contributed by atoms with Crippen LogP contribution in [-0.4, -0.2) is 20.4 Å². The maximum Gasteiger partial charge on any atom is 0.239 e. The lowest BCUT2D eigenvalue weighted by atomic mass is 10.1. The van der Waals surface area contributed by atoms with E-state index in [1.54, 1.807) is 60.7 Å². The standard InChI is InChI=1S/C22H17ClN2O3S/c1-25(18-5-3-2-4-6-18)29(27,28)14-15-7-8-16-9-10-21-20(12-17(23)13-24-21)22(26)19(16)11-15/h2-13H,14H2,1H3. The first-order valence-corrected chi connectivity index (χ1v) is 10.9. The topological polar surface area (TPSA) is 67.3 Å². The van der Waals surface area contributed by atoms with Gasteiger partial charge in [0.15, 0.2) is 5.43 Å². The fourth-order valence-corrected chi connectivity index (χ4v) is 4.61. The van der Waals surface area contributed by atoms with Gasteiger partial charge < -0.3 is 0 Å². The molecule has 0 spiro atoms. The molecule has 0 aliphatic rings. The Hall–Kier alpha value is -2.96. The predicted molar refractivity (Wildman–Crippen MR) is 118 cm³/mol. The average Bonchev–Trinajstić information content (AvgIpc) is 2.85. The number of sulfonamides is 1. The third kappa shape index (κ3) is 3.81. The number of anilines is 1. The Morgan fingerprint density at radius 3 is 2.45 bits per heavy atom. The quantitative estimate of drug-likeness (QED) is 0.488. The lowest BCUT2D eigenvalue weighted by molar-refractivity contribution is 0.593. The van der Waals surface area contributed by atoms with Crippen molar-refractivity contribution in [3.05, 3.63) is 93.7 Å². The molecule has 29 heavy (non-hydrogen) atoms. The first-order valence-electron chi connectivity index (χ1n) is 8.88. The molecule has 0 fully saturated rings. The molecular weight excluding hydrogens is 408 g/mol. The van der Waals surface area contributed by atoms with Crippen molar-refractivity contribution in [3.63, 3.8) is 0 Å². The van der Waals surface area contributed by atoms with Crippen LogP contribution < -0.4 is 9.73 Å². The van der Waals surface area contributed by atoms with Crippen LogP contribution in [0.2, 0.25) is 5.02 Å². The van der Waals surface area contributed by atoms with Crippen LogP contribution in [-0.2, 0) is 15.8 Å². The second kappa shape index (κ2) is 7.46. The molecule has 0 atom stereocenters. The van der Waals surface area contributed by atoms with E-state index in [0.717, 1.165) is 0 Å². The van der Waals surface area contributed by atoms with Crippen molar-refractivity contribution in [2.45, 2.75) is 5.75 Å². The van der Waals surface area contributed by atoms with E-state index in [1.807, 2.05) is 6.07 Å². The summed E-state index contributed by atoms with van der Waals surface area (Å²) in [5.74, 6) is -0.219. The Bertz CT molecular complexity index is 1390. The molecule has 0 amide bonds. The molecule has 4 aromatic rings. The summed E-state index contributed by atoms with van der Waals surface area (Å²) >= 11 is 6.01. The average molecular weight is 425 g/mol. The van der Waals surface area contributed by atoms with Crippen LogP contribution in [0.1, 0.15) is 5.56 Å². The zero-order chi connectivity index (χ0) is 20.6. The van der Waals surface area contributed by atoms with Crippen LogP contribution in [0.5, 0.6) is 0 Å². The highest BCUT2D eigenvalue weighted by molar-refractivity contribution is 7.92. The number of benzene rings is 2. The minimum absolute atomic E-state index is 0.219. The highest BCUT2D eigenvalue weighted by Gasteiger charge is 2.19. The molecule has 7 heteroatoms. The van der Waals surface area contributed by atoms with Crippen molar-refractivity contribution in [2.24, 2.45) is 0 Å². The number of hydrogen-bond acceptors (Lipinski definition) is 4. The van der Waals surface area contributed by atoms with Gasteiger partial charge in [-0.2, -0.15) is 0 Å². The molecule has 1 aromatic heterocycles. The van der Waals surface area contributed by atoms with Crippen LogP contribution in [0.15, 0.2) is 77.7 Å². The van der Waals surface area contributed by atoms with E-state index in [1.165, 1.54) is 17.5 Å². The minimum atomic E-state index is -3.62. The van der Waals surface area contributed by atoms with Crippen LogP contribution in [0.4, 0.5) is 5.69 Å². The molecule has 0 bridgehead atoms. The second-order valence-corrected chi connectivity index (χ2v) is 9.17. The Labute approximate surface area is 173 Å². The number of pyridine rings is 1. The Morgan fingerprint density at radius 1 is 0.966 bits per heavy atom. The van der Waals surface area contributed by atoms with Gasteiger partial charge >= 0.3 is 0 Å².